The van der Waals surface area contributed by atoms with E-state index >= 15 is 0 Å². The number of nitrogens with zero attached hydrogens (tertiary/aromatic N) is 3. The van der Waals surface area contributed by atoms with Gasteiger partial charge in [0.25, 0.3) is 5.89 Å². The summed E-state index contributed by atoms with van der Waals surface area (Å²) >= 11 is 6.72. The molecule has 0 bridgehead atoms. The maximum atomic E-state index is 5.62. The lowest BCUT2D eigenvalue weighted by molar-refractivity contribution is 0.582. The van der Waals surface area contributed by atoms with Gasteiger partial charge in [-0.25, -0.2) is 4.98 Å². The third-order valence-corrected chi connectivity index (χ3v) is 3.46. The number of hydrogen-bond acceptors (Lipinski definition) is 4. The summed E-state index contributed by atoms with van der Waals surface area (Å²) in [5.41, 5.74) is 1.53. The van der Waals surface area contributed by atoms with Gasteiger partial charge in [-0.15, -0.1) is 10.2 Å². The lowest BCUT2D eigenvalue weighted by Crippen LogP contribution is -1.82. The highest BCUT2D eigenvalue weighted by Crippen LogP contribution is 2.24. The van der Waals surface area contributed by atoms with Crippen LogP contribution in [0.15, 0.2) is 56.0 Å². The lowest BCUT2D eigenvalue weighted by atomic mass is 10.2. The molecule has 1 aromatic carbocycles. The van der Waals surface area contributed by atoms with E-state index in [1.165, 1.54) is 0 Å². The molecule has 0 unspecified atom stereocenters. The van der Waals surface area contributed by atoms with Crippen LogP contribution in [-0.4, -0.2) is 15.2 Å². The molecule has 3 rings (SSSR count). The van der Waals surface area contributed by atoms with E-state index in [2.05, 4.69) is 47.0 Å². The number of benzene rings is 1. The second kappa shape index (κ2) is 5.22. The molecule has 0 radical (unpaired) electrons. The zero-order valence-corrected chi connectivity index (χ0v) is 12.7. The number of halogens is 2. The van der Waals surface area contributed by atoms with Gasteiger partial charge in [0.05, 0.1) is 0 Å². The van der Waals surface area contributed by atoms with Crippen molar-refractivity contribution >= 4 is 31.9 Å². The van der Waals surface area contributed by atoms with E-state index in [1.807, 2.05) is 36.4 Å². The van der Waals surface area contributed by atoms with Gasteiger partial charge in [0.2, 0.25) is 5.89 Å². The van der Waals surface area contributed by atoms with Crippen molar-refractivity contribution < 1.29 is 4.42 Å². The minimum atomic E-state index is 0.408. The summed E-state index contributed by atoms with van der Waals surface area (Å²) in [7, 11) is 0. The van der Waals surface area contributed by atoms with Gasteiger partial charge in [-0.05, 0) is 52.3 Å². The van der Waals surface area contributed by atoms with Crippen LogP contribution in [0.4, 0.5) is 0 Å². The molecule has 3 aromatic rings. The topological polar surface area (TPSA) is 51.8 Å². The molecule has 6 heteroatoms. The lowest BCUT2D eigenvalue weighted by Gasteiger charge is -1.95. The molecule has 0 N–H and O–H groups in total. The van der Waals surface area contributed by atoms with Crippen LogP contribution in [0.1, 0.15) is 0 Å². The molecule has 0 aliphatic heterocycles. The summed E-state index contributed by atoms with van der Waals surface area (Å²) in [6.07, 6.45) is 1.69. The van der Waals surface area contributed by atoms with Crippen molar-refractivity contribution in [1.29, 1.82) is 0 Å². The highest BCUT2D eigenvalue weighted by Gasteiger charge is 2.11. The van der Waals surface area contributed by atoms with E-state index in [4.69, 9.17) is 4.42 Å². The van der Waals surface area contributed by atoms with E-state index in [9.17, 15) is 0 Å². The van der Waals surface area contributed by atoms with Gasteiger partial charge in [-0.2, -0.15) is 0 Å². The maximum Gasteiger partial charge on any atom is 0.266 e. The number of aromatic nitrogens is 3. The van der Waals surface area contributed by atoms with Crippen molar-refractivity contribution in [1.82, 2.24) is 15.2 Å². The Hall–Kier alpha value is -1.53. The fourth-order valence-electron chi connectivity index (χ4n) is 1.54. The zero-order valence-electron chi connectivity index (χ0n) is 9.55. The molecule has 19 heavy (non-hydrogen) atoms. The van der Waals surface area contributed by atoms with Crippen LogP contribution in [0.3, 0.4) is 0 Å². The monoisotopic (exact) mass is 379 g/mol. The fourth-order valence-corrected chi connectivity index (χ4v) is 2.04. The number of rotatable bonds is 2. The SMILES string of the molecule is Brc1ccc(-c2nnc(-c3ccc(Br)cn3)o2)cc1. The van der Waals surface area contributed by atoms with Gasteiger partial charge < -0.3 is 4.42 Å². The van der Waals surface area contributed by atoms with Crippen LogP contribution in [0.25, 0.3) is 23.0 Å². The van der Waals surface area contributed by atoms with E-state index < -0.39 is 0 Å². The summed E-state index contributed by atoms with van der Waals surface area (Å²) < 4.78 is 7.53. The first kappa shape index (κ1) is 12.5. The summed E-state index contributed by atoms with van der Waals surface area (Å²) in [4.78, 5) is 4.22. The van der Waals surface area contributed by atoms with E-state index in [1.54, 1.807) is 6.20 Å². The maximum absolute atomic E-state index is 5.62. The molecule has 2 aromatic heterocycles. The first-order chi connectivity index (χ1) is 9.22. The van der Waals surface area contributed by atoms with Gasteiger partial charge in [-0.3, -0.25) is 0 Å². The Morgan fingerprint density at radius 2 is 1.47 bits per heavy atom. The van der Waals surface area contributed by atoms with Gasteiger partial charge >= 0.3 is 0 Å². The van der Waals surface area contributed by atoms with Crippen molar-refractivity contribution in [3.05, 3.63) is 51.5 Å². The highest BCUT2D eigenvalue weighted by atomic mass is 79.9. The summed E-state index contributed by atoms with van der Waals surface area (Å²) in [5, 5.41) is 8.04. The van der Waals surface area contributed by atoms with E-state index in [-0.39, 0.29) is 0 Å². The van der Waals surface area contributed by atoms with Crippen molar-refractivity contribution in [3.63, 3.8) is 0 Å². The Morgan fingerprint density at radius 3 is 2.16 bits per heavy atom. The molecule has 0 aliphatic carbocycles. The van der Waals surface area contributed by atoms with Crippen LogP contribution < -0.4 is 0 Å². The number of hydrogen-bond donors (Lipinski definition) is 0. The molecule has 94 valence electrons. The van der Waals surface area contributed by atoms with E-state index in [0.29, 0.717) is 17.5 Å². The van der Waals surface area contributed by atoms with Crippen molar-refractivity contribution in [2.24, 2.45) is 0 Å². The first-order valence-corrected chi connectivity index (χ1v) is 7.02. The smallest absolute Gasteiger partial charge is 0.266 e. The van der Waals surface area contributed by atoms with Gasteiger partial charge in [-0.1, -0.05) is 15.9 Å². The molecule has 0 amide bonds. The van der Waals surface area contributed by atoms with Gasteiger partial charge in [0.15, 0.2) is 0 Å². The molecular weight excluding hydrogens is 374 g/mol. The number of pyridine rings is 1. The van der Waals surface area contributed by atoms with Crippen molar-refractivity contribution in [3.8, 4) is 23.0 Å². The molecule has 0 fully saturated rings. The third-order valence-electron chi connectivity index (χ3n) is 2.46. The second-order valence-corrected chi connectivity index (χ2v) is 5.61. The van der Waals surface area contributed by atoms with Gasteiger partial charge in [0.1, 0.15) is 5.69 Å². The summed E-state index contributed by atoms with van der Waals surface area (Å²) in [6.45, 7) is 0. The zero-order chi connectivity index (χ0) is 13.2. The molecule has 0 saturated carbocycles. The summed E-state index contributed by atoms with van der Waals surface area (Å²) in [5.74, 6) is 0.887. The Balaban J connectivity index is 1.95. The Bertz CT molecular complexity index is 633. The quantitative estimate of drug-likeness (QED) is 0.664. The molecule has 0 atom stereocenters. The fraction of sp³-hybridized carbons (Fsp3) is 0. The molecule has 4 nitrogen and oxygen atoms in total. The molecule has 0 aliphatic rings. The standard InChI is InChI=1S/C13H7Br2N3O/c14-9-3-1-8(2-4-9)12-17-18-13(19-12)11-6-5-10(15)7-16-11/h1-7H. The van der Waals surface area contributed by atoms with Crippen molar-refractivity contribution in [2.75, 3.05) is 0 Å². The van der Waals surface area contributed by atoms with Crippen LogP contribution in [0.2, 0.25) is 0 Å². The largest absolute Gasteiger partial charge is 0.415 e. The normalized spacial score (nSPS) is 10.6. The van der Waals surface area contributed by atoms with Crippen LogP contribution in [0.5, 0.6) is 0 Å². The molecule has 0 spiro atoms. The average molecular weight is 381 g/mol. The van der Waals surface area contributed by atoms with Crippen LogP contribution in [0, 0.1) is 0 Å². The predicted octanol–water partition coefficient (Wildman–Crippen LogP) is 4.32. The average Bonchev–Trinajstić information content (AvgIpc) is 2.90. The van der Waals surface area contributed by atoms with Crippen LogP contribution >= 0.6 is 31.9 Å². The highest BCUT2D eigenvalue weighted by molar-refractivity contribution is 9.10. The molecule has 0 saturated heterocycles. The van der Waals surface area contributed by atoms with E-state index in [0.717, 1.165) is 14.5 Å². The Kier molecular flexibility index (Phi) is 3.44. The van der Waals surface area contributed by atoms with Crippen LogP contribution in [-0.2, 0) is 0 Å². The minimum absolute atomic E-state index is 0.408. The minimum Gasteiger partial charge on any atom is -0.415 e. The predicted molar refractivity (Wildman–Crippen MR) is 78.4 cm³/mol. The Morgan fingerprint density at radius 1 is 0.789 bits per heavy atom. The Labute approximate surface area is 126 Å². The summed E-state index contributed by atoms with van der Waals surface area (Å²) in [6, 6.07) is 11.4. The first-order valence-electron chi connectivity index (χ1n) is 5.44. The molecule has 2 heterocycles. The third kappa shape index (κ3) is 2.74. The molecular formula is C13H7Br2N3O. The van der Waals surface area contributed by atoms with Crippen molar-refractivity contribution in [2.45, 2.75) is 0 Å². The second-order valence-electron chi connectivity index (χ2n) is 3.78. The van der Waals surface area contributed by atoms with Gasteiger partial charge in [0, 0.05) is 20.7 Å².